The molecule has 1 heterocycles. The van der Waals surface area contributed by atoms with Crippen LogP contribution in [0.3, 0.4) is 0 Å². The molecule has 1 rings (SSSR count). The number of aromatic hydroxyl groups is 1. The fourth-order valence-corrected chi connectivity index (χ4v) is 1.50. The fourth-order valence-electron chi connectivity index (χ4n) is 1.50. The molecule has 4 N–H and O–H groups in total. The fraction of sp³-hybridized carbons (Fsp3) is 0.417. The number of hydrogen-bond donors (Lipinski definition) is 4. The zero-order valence-corrected chi connectivity index (χ0v) is 10.5. The molecule has 0 radical (unpaired) electrons. The number of aliphatic carboxylic acids is 1. The molecule has 0 aromatic carbocycles. The van der Waals surface area contributed by atoms with E-state index in [1.165, 1.54) is 0 Å². The minimum Gasteiger partial charge on any atom is -0.494 e. The van der Waals surface area contributed by atoms with Crippen molar-refractivity contribution in [3.05, 3.63) is 28.0 Å². The summed E-state index contributed by atoms with van der Waals surface area (Å²) in [4.78, 5) is 35.4. The van der Waals surface area contributed by atoms with E-state index in [-0.39, 0.29) is 11.4 Å². The SMILES string of the molecule is CC(CCCNC(=O)c1cc(O)[nH]c(=O)c1)C(=O)O. The van der Waals surface area contributed by atoms with Crippen molar-refractivity contribution in [2.24, 2.45) is 5.92 Å². The Labute approximate surface area is 109 Å². The zero-order chi connectivity index (χ0) is 14.4. The lowest BCUT2D eigenvalue weighted by atomic mass is 10.1. The van der Waals surface area contributed by atoms with Crippen LogP contribution in [0.25, 0.3) is 0 Å². The van der Waals surface area contributed by atoms with Crippen molar-refractivity contribution in [3.8, 4) is 5.88 Å². The van der Waals surface area contributed by atoms with Crippen molar-refractivity contribution >= 4 is 11.9 Å². The zero-order valence-electron chi connectivity index (χ0n) is 10.5. The van der Waals surface area contributed by atoms with Crippen molar-refractivity contribution in [2.75, 3.05) is 6.54 Å². The number of carbonyl (C=O) groups excluding carboxylic acids is 1. The highest BCUT2D eigenvalue weighted by Gasteiger charge is 2.11. The van der Waals surface area contributed by atoms with Crippen LogP contribution in [0.2, 0.25) is 0 Å². The molecule has 0 saturated heterocycles. The number of carboxylic acid groups (broad SMARTS) is 1. The first-order chi connectivity index (χ1) is 8.90. The van der Waals surface area contributed by atoms with Gasteiger partial charge in [0.15, 0.2) is 5.88 Å². The summed E-state index contributed by atoms with van der Waals surface area (Å²) >= 11 is 0. The van der Waals surface area contributed by atoms with E-state index in [0.29, 0.717) is 19.4 Å². The maximum Gasteiger partial charge on any atom is 0.306 e. The lowest BCUT2D eigenvalue weighted by Gasteiger charge is -2.07. The highest BCUT2D eigenvalue weighted by molar-refractivity contribution is 5.94. The minimum absolute atomic E-state index is 0.0625. The predicted molar refractivity (Wildman–Crippen MR) is 67.1 cm³/mol. The molecule has 7 heteroatoms. The van der Waals surface area contributed by atoms with Crippen LogP contribution in [0, 0.1) is 5.92 Å². The first-order valence-corrected chi connectivity index (χ1v) is 5.84. The topological polar surface area (TPSA) is 119 Å². The quantitative estimate of drug-likeness (QED) is 0.553. The van der Waals surface area contributed by atoms with E-state index in [1.54, 1.807) is 6.92 Å². The van der Waals surface area contributed by atoms with E-state index in [9.17, 15) is 14.4 Å². The molecule has 0 spiro atoms. The van der Waals surface area contributed by atoms with Crippen LogP contribution in [0.15, 0.2) is 16.9 Å². The van der Waals surface area contributed by atoms with Gasteiger partial charge in [0.2, 0.25) is 0 Å². The normalized spacial score (nSPS) is 11.8. The number of aromatic amines is 1. The maximum atomic E-state index is 11.6. The number of nitrogens with one attached hydrogen (secondary N) is 2. The lowest BCUT2D eigenvalue weighted by molar-refractivity contribution is -0.141. The Balaban J connectivity index is 2.43. The van der Waals surface area contributed by atoms with Gasteiger partial charge in [-0.05, 0) is 12.8 Å². The van der Waals surface area contributed by atoms with Crippen molar-refractivity contribution in [1.82, 2.24) is 10.3 Å². The summed E-state index contributed by atoms with van der Waals surface area (Å²) in [5.41, 5.74) is -0.503. The summed E-state index contributed by atoms with van der Waals surface area (Å²) < 4.78 is 0. The molecule has 1 amide bonds. The molecular formula is C12H16N2O5. The van der Waals surface area contributed by atoms with Crippen molar-refractivity contribution in [3.63, 3.8) is 0 Å². The highest BCUT2D eigenvalue weighted by Crippen LogP contribution is 2.06. The van der Waals surface area contributed by atoms with Gasteiger partial charge in [0, 0.05) is 18.7 Å². The molecule has 1 unspecified atom stereocenters. The molecule has 104 valence electrons. The third-order valence-corrected chi connectivity index (χ3v) is 2.61. The summed E-state index contributed by atoms with van der Waals surface area (Å²) in [6.45, 7) is 1.91. The summed E-state index contributed by atoms with van der Waals surface area (Å²) in [5.74, 6) is -2.19. The average molecular weight is 268 g/mol. The van der Waals surface area contributed by atoms with Gasteiger partial charge in [-0.15, -0.1) is 0 Å². The Kier molecular flexibility index (Phi) is 5.11. The van der Waals surface area contributed by atoms with E-state index in [0.717, 1.165) is 12.1 Å². The number of H-pyrrole nitrogens is 1. The van der Waals surface area contributed by atoms with Gasteiger partial charge in [0.25, 0.3) is 11.5 Å². The molecule has 1 atom stereocenters. The second-order valence-corrected chi connectivity index (χ2v) is 4.26. The summed E-state index contributed by atoms with van der Waals surface area (Å²) in [6.07, 6.45) is 0.977. The Morgan fingerprint density at radius 2 is 2.11 bits per heavy atom. The van der Waals surface area contributed by atoms with Gasteiger partial charge < -0.3 is 15.5 Å². The first kappa shape index (κ1) is 14.7. The van der Waals surface area contributed by atoms with Crippen LogP contribution in [0.5, 0.6) is 5.88 Å². The predicted octanol–water partition coefficient (Wildman–Crippen LogP) is 0.311. The largest absolute Gasteiger partial charge is 0.494 e. The van der Waals surface area contributed by atoms with Gasteiger partial charge in [-0.3, -0.25) is 19.4 Å². The second-order valence-electron chi connectivity index (χ2n) is 4.26. The molecule has 0 bridgehead atoms. The molecular weight excluding hydrogens is 252 g/mol. The minimum atomic E-state index is -0.870. The molecule has 0 aliphatic carbocycles. The van der Waals surface area contributed by atoms with Crippen LogP contribution in [0.1, 0.15) is 30.1 Å². The number of hydrogen-bond acceptors (Lipinski definition) is 4. The molecule has 1 aromatic heterocycles. The maximum absolute atomic E-state index is 11.6. The van der Waals surface area contributed by atoms with Crippen LogP contribution in [0.4, 0.5) is 0 Å². The number of pyridine rings is 1. The highest BCUT2D eigenvalue weighted by atomic mass is 16.4. The van der Waals surface area contributed by atoms with Crippen LogP contribution in [-0.2, 0) is 4.79 Å². The van der Waals surface area contributed by atoms with E-state index >= 15 is 0 Å². The number of amides is 1. The first-order valence-electron chi connectivity index (χ1n) is 5.84. The van der Waals surface area contributed by atoms with E-state index in [1.807, 2.05) is 0 Å². The van der Waals surface area contributed by atoms with Crippen molar-refractivity contribution in [2.45, 2.75) is 19.8 Å². The lowest BCUT2D eigenvalue weighted by Crippen LogP contribution is -2.26. The van der Waals surface area contributed by atoms with Gasteiger partial charge >= 0.3 is 5.97 Å². The van der Waals surface area contributed by atoms with Gasteiger partial charge in [-0.1, -0.05) is 6.92 Å². The van der Waals surface area contributed by atoms with Crippen molar-refractivity contribution in [1.29, 1.82) is 0 Å². The van der Waals surface area contributed by atoms with Gasteiger partial charge in [0.05, 0.1) is 11.5 Å². The molecule has 0 aliphatic rings. The van der Waals surface area contributed by atoms with Crippen LogP contribution >= 0.6 is 0 Å². The molecule has 7 nitrogen and oxygen atoms in total. The molecule has 0 saturated carbocycles. The molecule has 0 aliphatic heterocycles. The number of carboxylic acids is 1. The third kappa shape index (κ3) is 4.82. The van der Waals surface area contributed by atoms with Crippen molar-refractivity contribution < 1.29 is 19.8 Å². The smallest absolute Gasteiger partial charge is 0.306 e. The molecule has 19 heavy (non-hydrogen) atoms. The van der Waals surface area contributed by atoms with E-state index in [2.05, 4.69) is 10.3 Å². The standard InChI is InChI=1S/C12H16N2O5/c1-7(12(18)19)3-2-4-13-11(17)8-5-9(15)14-10(16)6-8/h5-7H,2-4H2,1H3,(H,13,17)(H,18,19)(H2,14,15,16). The van der Waals surface area contributed by atoms with E-state index in [4.69, 9.17) is 10.2 Å². The monoisotopic (exact) mass is 268 g/mol. The molecule has 1 aromatic rings. The van der Waals surface area contributed by atoms with Gasteiger partial charge in [-0.25, -0.2) is 0 Å². The Morgan fingerprint density at radius 3 is 2.68 bits per heavy atom. The number of rotatable bonds is 6. The summed E-state index contributed by atoms with van der Waals surface area (Å²) in [7, 11) is 0. The van der Waals surface area contributed by atoms with Crippen LogP contribution < -0.4 is 10.9 Å². The Bertz CT molecular complexity index is 523. The molecule has 0 fully saturated rings. The number of carbonyl (C=O) groups is 2. The van der Waals surface area contributed by atoms with Gasteiger partial charge in [0.1, 0.15) is 0 Å². The second kappa shape index (κ2) is 6.58. The average Bonchev–Trinajstić information content (AvgIpc) is 2.32. The number of aromatic nitrogens is 1. The summed E-state index contributed by atoms with van der Waals surface area (Å²) in [5, 5.41) is 20.4. The van der Waals surface area contributed by atoms with Crippen LogP contribution in [-0.4, -0.2) is 33.6 Å². The van der Waals surface area contributed by atoms with Gasteiger partial charge in [-0.2, -0.15) is 0 Å². The third-order valence-electron chi connectivity index (χ3n) is 2.61. The Morgan fingerprint density at radius 1 is 1.42 bits per heavy atom. The van der Waals surface area contributed by atoms with E-state index < -0.39 is 23.4 Å². The summed E-state index contributed by atoms with van der Waals surface area (Å²) in [6, 6.07) is 2.23. The Hall–Kier alpha value is -2.31.